The van der Waals surface area contributed by atoms with E-state index in [4.69, 9.17) is 9.47 Å². The molecule has 0 unspecified atom stereocenters. The van der Waals surface area contributed by atoms with Crippen LogP contribution >= 0.6 is 11.8 Å². The molecular formula is C12H14O3S. The van der Waals surface area contributed by atoms with Gasteiger partial charge in [-0.25, -0.2) is 4.79 Å². The lowest BCUT2D eigenvalue weighted by atomic mass is 10.2. The van der Waals surface area contributed by atoms with Gasteiger partial charge in [0.05, 0.1) is 30.6 Å². The molecule has 0 atom stereocenters. The van der Waals surface area contributed by atoms with Crippen molar-refractivity contribution in [2.45, 2.75) is 17.1 Å². The van der Waals surface area contributed by atoms with Crippen molar-refractivity contribution in [2.24, 2.45) is 0 Å². The number of hydrogen-bond acceptors (Lipinski definition) is 4. The van der Waals surface area contributed by atoms with Gasteiger partial charge in [0.15, 0.2) is 0 Å². The molecule has 0 N–H and O–H groups in total. The fourth-order valence-corrected chi connectivity index (χ4v) is 2.37. The highest BCUT2D eigenvalue weighted by Crippen LogP contribution is 2.28. The smallest absolute Gasteiger partial charge is 0.338 e. The first-order chi connectivity index (χ1) is 7.79. The second-order valence-corrected chi connectivity index (χ2v) is 4.90. The summed E-state index contributed by atoms with van der Waals surface area (Å²) in [6.45, 7) is 3.86. The Morgan fingerprint density at radius 1 is 1.44 bits per heavy atom. The molecule has 2 rings (SSSR count). The Bertz CT molecular complexity index is 357. The summed E-state index contributed by atoms with van der Waals surface area (Å²) in [7, 11) is 0. The highest BCUT2D eigenvalue weighted by atomic mass is 32.2. The molecule has 1 aromatic rings. The largest absolute Gasteiger partial charge is 0.462 e. The van der Waals surface area contributed by atoms with Crippen LogP contribution in [-0.2, 0) is 9.47 Å². The van der Waals surface area contributed by atoms with Crippen LogP contribution in [0.3, 0.4) is 0 Å². The van der Waals surface area contributed by atoms with Crippen molar-refractivity contribution in [3.05, 3.63) is 29.8 Å². The van der Waals surface area contributed by atoms with Crippen molar-refractivity contribution in [3.8, 4) is 0 Å². The van der Waals surface area contributed by atoms with Gasteiger partial charge in [0, 0.05) is 4.90 Å². The summed E-state index contributed by atoms with van der Waals surface area (Å²) in [5.74, 6) is -0.258. The molecule has 1 aliphatic rings. The van der Waals surface area contributed by atoms with Gasteiger partial charge in [-0.15, -0.1) is 11.8 Å². The second-order valence-electron chi connectivity index (χ2n) is 3.52. The molecule has 4 heteroatoms. The average molecular weight is 238 g/mol. The summed E-state index contributed by atoms with van der Waals surface area (Å²) in [6.07, 6.45) is 0. The van der Waals surface area contributed by atoms with Gasteiger partial charge in [0.2, 0.25) is 0 Å². The molecule has 1 aromatic carbocycles. The van der Waals surface area contributed by atoms with Gasteiger partial charge in [0.25, 0.3) is 0 Å². The molecule has 1 fully saturated rings. The molecule has 1 heterocycles. The zero-order valence-corrected chi connectivity index (χ0v) is 9.96. The van der Waals surface area contributed by atoms with Crippen molar-refractivity contribution in [3.63, 3.8) is 0 Å². The Kier molecular flexibility index (Phi) is 3.85. The van der Waals surface area contributed by atoms with E-state index in [0.29, 0.717) is 17.4 Å². The van der Waals surface area contributed by atoms with Gasteiger partial charge in [0.1, 0.15) is 0 Å². The molecule has 0 aromatic heterocycles. The van der Waals surface area contributed by atoms with Crippen LogP contribution < -0.4 is 0 Å². The van der Waals surface area contributed by atoms with Crippen LogP contribution in [0, 0.1) is 0 Å². The molecule has 1 aliphatic heterocycles. The minimum Gasteiger partial charge on any atom is -0.462 e. The SMILES string of the molecule is CCOC(=O)c1ccc(SC2COC2)cc1. The highest BCUT2D eigenvalue weighted by molar-refractivity contribution is 8.00. The quantitative estimate of drug-likeness (QED) is 0.754. The highest BCUT2D eigenvalue weighted by Gasteiger charge is 2.19. The average Bonchev–Trinajstić information content (AvgIpc) is 2.25. The number of carbonyl (C=O) groups excluding carboxylic acids is 1. The first kappa shape index (κ1) is 11.5. The van der Waals surface area contributed by atoms with Crippen molar-refractivity contribution < 1.29 is 14.3 Å². The molecule has 86 valence electrons. The van der Waals surface area contributed by atoms with Crippen LogP contribution in [0.2, 0.25) is 0 Å². The molecule has 0 aliphatic carbocycles. The van der Waals surface area contributed by atoms with E-state index < -0.39 is 0 Å². The maximum atomic E-state index is 11.4. The van der Waals surface area contributed by atoms with Crippen LogP contribution in [0.15, 0.2) is 29.2 Å². The molecule has 1 saturated heterocycles. The van der Waals surface area contributed by atoms with Crippen LogP contribution in [0.1, 0.15) is 17.3 Å². The number of rotatable bonds is 4. The van der Waals surface area contributed by atoms with E-state index in [2.05, 4.69) is 0 Å². The Balaban J connectivity index is 1.95. The molecule has 0 amide bonds. The number of thioether (sulfide) groups is 1. The number of ether oxygens (including phenoxy) is 2. The van der Waals surface area contributed by atoms with E-state index in [1.54, 1.807) is 30.8 Å². The summed E-state index contributed by atoms with van der Waals surface area (Å²) in [5.41, 5.74) is 0.607. The molecular weight excluding hydrogens is 224 g/mol. The summed E-state index contributed by atoms with van der Waals surface area (Å²) in [4.78, 5) is 12.6. The lowest BCUT2D eigenvalue weighted by Gasteiger charge is -2.25. The lowest BCUT2D eigenvalue weighted by molar-refractivity contribution is 0.0455. The summed E-state index contributed by atoms with van der Waals surface area (Å²) < 4.78 is 10.0. The van der Waals surface area contributed by atoms with Gasteiger partial charge in [-0.2, -0.15) is 0 Å². The van der Waals surface area contributed by atoms with Crippen LogP contribution in [0.4, 0.5) is 0 Å². The van der Waals surface area contributed by atoms with E-state index in [9.17, 15) is 4.79 Å². The van der Waals surface area contributed by atoms with Crippen molar-refractivity contribution in [1.29, 1.82) is 0 Å². The molecule has 16 heavy (non-hydrogen) atoms. The summed E-state index contributed by atoms with van der Waals surface area (Å²) >= 11 is 1.79. The number of carbonyl (C=O) groups is 1. The lowest BCUT2D eigenvalue weighted by Crippen LogP contribution is -2.29. The molecule has 0 radical (unpaired) electrons. The normalized spacial score (nSPS) is 15.6. The zero-order chi connectivity index (χ0) is 11.4. The predicted octanol–water partition coefficient (Wildman–Crippen LogP) is 2.35. The molecule has 0 bridgehead atoms. The number of hydrogen-bond donors (Lipinski definition) is 0. The molecule has 0 spiro atoms. The minimum atomic E-state index is -0.258. The van der Waals surface area contributed by atoms with E-state index in [-0.39, 0.29) is 5.97 Å². The minimum absolute atomic E-state index is 0.258. The second kappa shape index (κ2) is 5.37. The third-order valence-corrected chi connectivity index (χ3v) is 3.43. The Labute approximate surface area is 99.1 Å². The maximum Gasteiger partial charge on any atom is 0.338 e. The van der Waals surface area contributed by atoms with Crippen LogP contribution in [0.5, 0.6) is 0 Å². The maximum absolute atomic E-state index is 11.4. The number of benzene rings is 1. The van der Waals surface area contributed by atoms with Gasteiger partial charge in [-0.3, -0.25) is 0 Å². The van der Waals surface area contributed by atoms with Crippen LogP contribution in [0.25, 0.3) is 0 Å². The van der Waals surface area contributed by atoms with Crippen molar-refractivity contribution in [2.75, 3.05) is 19.8 Å². The summed E-state index contributed by atoms with van der Waals surface area (Å²) in [5, 5.41) is 0.563. The summed E-state index contributed by atoms with van der Waals surface area (Å²) in [6, 6.07) is 7.52. The van der Waals surface area contributed by atoms with Crippen molar-refractivity contribution in [1.82, 2.24) is 0 Å². The monoisotopic (exact) mass is 238 g/mol. The van der Waals surface area contributed by atoms with E-state index >= 15 is 0 Å². The topological polar surface area (TPSA) is 35.5 Å². The first-order valence-corrected chi connectivity index (χ1v) is 6.19. The van der Waals surface area contributed by atoms with E-state index in [1.165, 1.54) is 4.90 Å². The standard InChI is InChI=1S/C12H14O3S/c1-2-15-12(13)9-3-5-10(6-4-9)16-11-7-14-8-11/h3-6,11H,2,7-8H2,1H3. The van der Waals surface area contributed by atoms with Gasteiger partial charge >= 0.3 is 5.97 Å². The predicted molar refractivity (Wildman–Crippen MR) is 62.9 cm³/mol. The van der Waals surface area contributed by atoms with E-state index in [1.807, 2.05) is 12.1 Å². The Hall–Kier alpha value is -1.00. The molecule has 0 saturated carbocycles. The van der Waals surface area contributed by atoms with E-state index in [0.717, 1.165) is 13.2 Å². The fraction of sp³-hybridized carbons (Fsp3) is 0.417. The number of esters is 1. The van der Waals surface area contributed by atoms with Crippen molar-refractivity contribution >= 4 is 17.7 Å². The molecule has 3 nitrogen and oxygen atoms in total. The Morgan fingerprint density at radius 2 is 2.12 bits per heavy atom. The van der Waals surface area contributed by atoms with Crippen LogP contribution in [-0.4, -0.2) is 31.0 Å². The zero-order valence-electron chi connectivity index (χ0n) is 9.14. The third-order valence-electron chi connectivity index (χ3n) is 2.28. The van der Waals surface area contributed by atoms with Gasteiger partial charge in [-0.05, 0) is 31.2 Å². The third kappa shape index (κ3) is 2.77. The van der Waals surface area contributed by atoms with Gasteiger partial charge in [-0.1, -0.05) is 0 Å². The Morgan fingerprint density at radius 3 is 2.62 bits per heavy atom. The van der Waals surface area contributed by atoms with Gasteiger partial charge < -0.3 is 9.47 Å². The fourth-order valence-electron chi connectivity index (χ4n) is 1.36. The first-order valence-electron chi connectivity index (χ1n) is 5.31.